The van der Waals surface area contributed by atoms with E-state index < -0.39 is 21.5 Å². The largest absolute Gasteiger partial charge is 0.496 e. The predicted molar refractivity (Wildman–Crippen MR) is 103 cm³/mol. The number of primary amides is 1. The monoisotopic (exact) mass is 422 g/mol. The lowest BCUT2D eigenvalue weighted by molar-refractivity contribution is 0.0623. The van der Waals surface area contributed by atoms with Gasteiger partial charge in [0.25, 0.3) is 5.91 Å². The number of benzene rings is 1. The van der Waals surface area contributed by atoms with Crippen LogP contribution in [0, 0.1) is 0 Å². The molecule has 3 aromatic rings. The van der Waals surface area contributed by atoms with E-state index in [0.717, 1.165) is 6.07 Å². The van der Waals surface area contributed by atoms with Crippen molar-refractivity contribution < 1.29 is 27.5 Å². The van der Waals surface area contributed by atoms with Gasteiger partial charge in [-0.25, -0.2) is 13.1 Å². The highest BCUT2D eigenvalue weighted by Gasteiger charge is 2.36. The topological polar surface area (TPSA) is 132 Å². The molecule has 1 atom stereocenters. The number of nitrogens with two attached hydrogens (primary N) is 1. The molecule has 148 valence electrons. The molecule has 0 fully saturated rings. The molecule has 0 saturated heterocycles. The second-order valence-electron chi connectivity index (χ2n) is 5.90. The number of hydrogen-bond donors (Lipinski definition) is 3. The van der Waals surface area contributed by atoms with Crippen LogP contribution in [0.3, 0.4) is 0 Å². The first-order valence-corrected chi connectivity index (χ1v) is 10.5. The van der Waals surface area contributed by atoms with Crippen LogP contribution in [0.1, 0.15) is 21.7 Å². The van der Waals surface area contributed by atoms with E-state index in [9.17, 15) is 18.3 Å². The number of methoxy groups -OCH3 is 1. The molecular weight excluding hydrogens is 404 g/mol. The molecule has 4 N–H and O–H groups in total. The minimum absolute atomic E-state index is 0.0653. The Balaban J connectivity index is 1.92. The van der Waals surface area contributed by atoms with Crippen LogP contribution in [0.15, 0.2) is 62.7 Å². The number of hydrogen-bond acceptors (Lipinski definition) is 7. The lowest BCUT2D eigenvalue weighted by atomic mass is 9.94. The number of thiophene rings is 1. The highest BCUT2D eigenvalue weighted by atomic mass is 32.2. The summed E-state index contributed by atoms with van der Waals surface area (Å²) in [5.41, 5.74) is 4.01. The number of sulfonamides is 1. The number of nitrogens with one attached hydrogen (secondary N) is 1. The molecule has 3 rings (SSSR count). The minimum atomic E-state index is -4.07. The second kappa shape index (κ2) is 7.76. The van der Waals surface area contributed by atoms with Crippen LogP contribution >= 0.6 is 11.3 Å². The lowest BCUT2D eigenvalue weighted by Crippen LogP contribution is -2.41. The molecule has 2 heterocycles. The van der Waals surface area contributed by atoms with E-state index in [-0.39, 0.29) is 28.5 Å². The average molecular weight is 422 g/mol. The van der Waals surface area contributed by atoms with Crippen molar-refractivity contribution in [1.82, 2.24) is 4.72 Å². The predicted octanol–water partition coefficient (Wildman–Crippen LogP) is 1.66. The smallest absolute Gasteiger partial charge is 0.252 e. The van der Waals surface area contributed by atoms with Gasteiger partial charge >= 0.3 is 0 Å². The van der Waals surface area contributed by atoms with Crippen LogP contribution in [0.2, 0.25) is 0 Å². The van der Waals surface area contributed by atoms with Crippen LogP contribution in [-0.4, -0.2) is 33.1 Å². The normalized spacial score (nSPS) is 13.8. The Morgan fingerprint density at radius 2 is 2.14 bits per heavy atom. The summed E-state index contributed by atoms with van der Waals surface area (Å²) in [5.74, 6) is -0.461. The van der Waals surface area contributed by atoms with Gasteiger partial charge in [0, 0.05) is 5.56 Å². The molecule has 1 amide bonds. The number of carbonyl (C=O) groups excluding carboxylic acids is 1. The summed E-state index contributed by atoms with van der Waals surface area (Å²) in [7, 11) is -2.72. The Hall–Kier alpha value is -2.66. The minimum Gasteiger partial charge on any atom is -0.496 e. The van der Waals surface area contributed by atoms with E-state index in [4.69, 9.17) is 14.9 Å². The molecule has 8 nitrogen and oxygen atoms in total. The molecule has 0 saturated carbocycles. The maximum Gasteiger partial charge on any atom is 0.252 e. The van der Waals surface area contributed by atoms with Crippen molar-refractivity contribution in [3.8, 4) is 5.75 Å². The molecule has 0 spiro atoms. The van der Waals surface area contributed by atoms with E-state index in [1.807, 2.05) is 0 Å². The zero-order chi connectivity index (χ0) is 20.4. The van der Waals surface area contributed by atoms with Gasteiger partial charge in [-0.15, -0.1) is 0 Å². The van der Waals surface area contributed by atoms with Crippen molar-refractivity contribution >= 4 is 27.3 Å². The van der Waals surface area contributed by atoms with Crippen molar-refractivity contribution in [2.45, 2.75) is 10.5 Å². The number of ether oxygens (including phenoxy) is 1. The fourth-order valence-corrected chi connectivity index (χ4v) is 4.48. The van der Waals surface area contributed by atoms with Gasteiger partial charge in [-0.05, 0) is 47.2 Å². The molecule has 10 heteroatoms. The Morgan fingerprint density at radius 3 is 2.71 bits per heavy atom. The average Bonchev–Trinajstić information content (AvgIpc) is 3.39. The van der Waals surface area contributed by atoms with Gasteiger partial charge in [0.1, 0.15) is 11.5 Å². The second-order valence-corrected chi connectivity index (χ2v) is 8.45. The molecule has 0 aliphatic carbocycles. The zero-order valence-corrected chi connectivity index (χ0v) is 16.4. The van der Waals surface area contributed by atoms with Crippen LogP contribution in [0.25, 0.3) is 0 Å². The van der Waals surface area contributed by atoms with Gasteiger partial charge in [0.15, 0.2) is 5.60 Å². The molecule has 2 aromatic heterocycles. The molecule has 0 aliphatic heterocycles. The quantitative estimate of drug-likeness (QED) is 0.506. The summed E-state index contributed by atoms with van der Waals surface area (Å²) in [6, 6.07) is 8.59. The van der Waals surface area contributed by atoms with Crippen molar-refractivity contribution in [2.75, 3.05) is 13.7 Å². The summed E-state index contributed by atoms with van der Waals surface area (Å²) in [5, 5.41) is 14.6. The van der Waals surface area contributed by atoms with Crippen LogP contribution < -0.4 is 15.2 Å². The van der Waals surface area contributed by atoms with Gasteiger partial charge < -0.3 is 20.0 Å². The van der Waals surface area contributed by atoms with E-state index in [1.54, 1.807) is 29.0 Å². The number of amides is 1. The number of rotatable bonds is 8. The fourth-order valence-electron chi connectivity index (χ4n) is 2.67. The standard InChI is InChI=1S/C18H18N2O6S2/c1-25-15-5-4-13(9-14(15)17(19)21)28(23,24)20-11-18(22,12-6-8-27-10-12)16-3-2-7-26-16/h2-10,20,22H,11H2,1H3,(H2,19,21)/t18-/m0/s1. The first-order valence-electron chi connectivity index (χ1n) is 8.04. The summed E-state index contributed by atoms with van der Waals surface area (Å²) >= 11 is 1.36. The molecule has 28 heavy (non-hydrogen) atoms. The first kappa shape index (κ1) is 20.1. The van der Waals surface area contributed by atoms with E-state index in [1.165, 1.54) is 36.8 Å². The summed E-state index contributed by atoms with van der Waals surface area (Å²) in [6.07, 6.45) is 1.39. The molecular formula is C18H18N2O6S2. The fraction of sp³-hybridized carbons (Fsp3) is 0.167. The molecule has 0 unspecified atom stereocenters. The number of aliphatic hydroxyl groups is 1. The molecule has 0 radical (unpaired) electrons. The lowest BCUT2D eigenvalue weighted by Gasteiger charge is -2.25. The Labute approximate surface area is 165 Å². The van der Waals surface area contributed by atoms with E-state index in [2.05, 4.69) is 4.72 Å². The summed E-state index contributed by atoms with van der Waals surface area (Å²) in [6.45, 7) is -0.377. The maximum atomic E-state index is 12.7. The van der Waals surface area contributed by atoms with Gasteiger partial charge in [-0.3, -0.25) is 4.79 Å². The Bertz CT molecular complexity index is 1030. The third kappa shape index (κ3) is 3.80. The van der Waals surface area contributed by atoms with Crippen LogP contribution in [-0.2, 0) is 15.6 Å². The van der Waals surface area contributed by atoms with Gasteiger partial charge in [-0.1, -0.05) is 0 Å². The van der Waals surface area contributed by atoms with Gasteiger partial charge in [0.05, 0.1) is 30.4 Å². The van der Waals surface area contributed by atoms with Crippen molar-refractivity contribution in [3.63, 3.8) is 0 Å². The summed E-state index contributed by atoms with van der Waals surface area (Å²) < 4.78 is 38.2. The molecule has 0 bridgehead atoms. The van der Waals surface area contributed by atoms with E-state index in [0.29, 0.717) is 5.56 Å². The number of furan rings is 1. The van der Waals surface area contributed by atoms with Crippen molar-refractivity contribution in [2.24, 2.45) is 5.73 Å². The zero-order valence-electron chi connectivity index (χ0n) is 14.8. The first-order chi connectivity index (χ1) is 13.3. The van der Waals surface area contributed by atoms with Crippen LogP contribution in [0.5, 0.6) is 5.75 Å². The third-order valence-electron chi connectivity index (χ3n) is 4.19. The SMILES string of the molecule is COc1ccc(S(=O)(=O)NC[C@](O)(c2ccsc2)c2ccco2)cc1C(N)=O. The van der Waals surface area contributed by atoms with Crippen molar-refractivity contribution in [1.29, 1.82) is 0 Å². The summed E-state index contributed by atoms with van der Waals surface area (Å²) in [4.78, 5) is 11.4. The van der Waals surface area contributed by atoms with E-state index >= 15 is 0 Å². The number of carbonyl (C=O) groups is 1. The van der Waals surface area contributed by atoms with Crippen molar-refractivity contribution in [3.05, 3.63) is 70.3 Å². The highest BCUT2D eigenvalue weighted by Crippen LogP contribution is 2.31. The highest BCUT2D eigenvalue weighted by molar-refractivity contribution is 7.89. The third-order valence-corrected chi connectivity index (χ3v) is 6.27. The van der Waals surface area contributed by atoms with Crippen LogP contribution in [0.4, 0.5) is 0 Å². The molecule has 0 aliphatic rings. The van der Waals surface area contributed by atoms with Gasteiger partial charge in [0.2, 0.25) is 10.0 Å². The molecule has 1 aromatic carbocycles. The van der Waals surface area contributed by atoms with Gasteiger partial charge in [-0.2, -0.15) is 11.3 Å². The Kier molecular flexibility index (Phi) is 5.57. The maximum absolute atomic E-state index is 12.7. The Morgan fingerprint density at radius 1 is 1.36 bits per heavy atom.